The maximum absolute atomic E-state index is 10.6. The second-order valence-electron chi connectivity index (χ2n) is 3.78. The molecule has 1 atom stereocenters. The van der Waals surface area contributed by atoms with E-state index in [1.165, 1.54) is 18.8 Å². The number of carboxylic acid groups (broad SMARTS) is 1. The molecular formula is C10H12N2O2S. The van der Waals surface area contributed by atoms with Gasteiger partial charge >= 0.3 is 5.97 Å². The smallest absolute Gasteiger partial charge is 0.338 e. The lowest BCUT2D eigenvalue weighted by Gasteiger charge is -2.20. The van der Waals surface area contributed by atoms with Gasteiger partial charge in [-0.15, -0.1) is 11.8 Å². The Balaban J connectivity index is 2.26. The number of aromatic nitrogens is 2. The normalized spacial score (nSPS) is 25.4. The summed E-state index contributed by atoms with van der Waals surface area (Å²) in [6, 6.07) is 0. The van der Waals surface area contributed by atoms with Crippen molar-refractivity contribution in [2.24, 2.45) is 0 Å². The van der Waals surface area contributed by atoms with E-state index < -0.39 is 5.97 Å². The van der Waals surface area contributed by atoms with Crippen LogP contribution < -0.4 is 0 Å². The zero-order valence-electron chi connectivity index (χ0n) is 8.43. The number of aromatic carboxylic acids is 1. The van der Waals surface area contributed by atoms with Gasteiger partial charge in [-0.1, -0.05) is 0 Å². The molecule has 1 unspecified atom stereocenters. The Bertz CT molecular complexity index is 372. The highest BCUT2D eigenvalue weighted by atomic mass is 32.2. The molecule has 1 aromatic heterocycles. The minimum Gasteiger partial charge on any atom is -0.478 e. The fourth-order valence-electron chi connectivity index (χ4n) is 1.67. The average Bonchev–Trinajstić information content (AvgIpc) is 2.67. The largest absolute Gasteiger partial charge is 0.478 e. The quantitative estimate of drug-likeness (QED) is 0.831. The molecule has 0 spiro atoms. The molecule has 1 N–H and O–H groups in total. The summed E-state index contributed by atoms with van der Waals surface area (Å²) in [5.41, 5.74) is 0.144. The van der Waals surface area contributed by atoms with Crippen LogP contribution in [-0.2, 0) is 4.75 Å². The Morgan fingerprint density at radius 1 is 1.53 bits per heavy atom. The van der Waals surface area contributed by atoms with E-state index in [1.807, 2.05) is 11.8 Å². The van der Waals surface area contributed by atoms with Crippen LogP contribution in [0.25, 0.3) is 0 Å². The second kappa shape index (κ2) is 3.81. The minimum atomic E-state index is -0.981. The van der Waals surface area contributed by atoms with Gasteiger partial charge in [0.2, 0.25) is 0 Å². The topological polar surface area (TPSA) is 63.1 Å². The van der Waals surface area contributed by atoms with Crippen LogP contribution in [0.1, 0.15) is 35.9 Å². The number of carbonyl (C=O) groups is 1. The second-order valence-corrected chi connectivity index (χ2v) is 5.38. The molecule has 0 aromatic carbocycles. The summed E-state index contributed by atoms with van der Waals surface area (Å²) in [5, 5.41) is 8.72. The molecule has 1 saturated heterocycles. The van der Waals surface area contributed by atoms with Crippen LogP contribution in [0.15, 0.2) is 12.4 Å². The molecule has 1 aliphatic rings. The van der Waals surface area contributed by atoms with E-state index in [1.54, 1.807) is 0 Å². The molecule has 0 saturated carbocycles. The third-order valence-electron chi connectivity index (χ3n) is 2.59. The molecule has 1 aromatic rings. The highest BCUT2D eigenvalue weighted by Crippen LogP contribution is 2.44. The van der Waals surface area contributed by atoms with Crippen molar-refractivity contribution in [3.63, 3.8) is 0 Å². The van der Waals surface area contributed by atoms with Gasteiger partial charge in [0.15, 0.2) is 0 Å². The van der Waals surface area contributed by atoms with Crippen LogP contribution in [0.5, 0.6) is 0 Å². The SMILES string of the molecule is CC1(c2ncc(C(=O)O)cn2)CCCS1. The van der Waals surface area contributed by atoms with Crippen LogP contribution in [-0.4, -0.2) is 26.8 Å². The molecule has 2 heterocycles. The molecule has 5 heteroatoms. The van der Waals surface area contributed by atoms with Gasteiger partial charge in [-0.2, -0.15) is 0 Å². The van der Waals surface area contributed by atoms with Crippen LogP contribution >= 0.6 is 11.8 Å². The van der Waals surface area contributed by atoms with Crippen LogP contribution in [0, 0.1) is 0 Å². The summed E-state index contributed by atoms with van der Waals surface area (Å²) in [4.78, 5) is 18.9. The standard InChI is InChI=1S/C10H12N2O2S/c1-10(3-2-4-15-10)9-11-5-7(6-12-9)8(13)14/h5-6H,2-4H2,1H3,(H,13,14). The number of thioether (sulfide) groups is 1. The maximum Gasteiger partial charge on any atom is 0.338 e. The van der Waals surface area contributed by atoms with E-state index >= 15 is 0 Å². The predicted octanol–water partition coefficient (Wildman–Crippen LogP) is 1.92. The average molecular weight is 224 g/mol. The summed E-state index contributed by atoms with van der Waals surface area (Å²) in [7, 11) is 0. The Hall–Kier alpha value is -1.10. The van der Waals surface area contributed by atoms with E-state index in [-0.39, 0.29) is 10.3 Å². The zero-order chi connectivity index (χ0) is 10.9. The first-order valence-electron chi connectivity index (χ1n) is 4.82. The molecule has 2 rings (SSSR count). The first kappa shape index (κ1) is 10.4. The lowest BCUT2D eigenvalue weighted by molar-refractivity contribution is 0.0696. The van der Waals surface area contributed by atoms with Crippen LogP contribution in [0.4, 0.5) is 0 Å². The minimum absolute atomic E-state index is 0.0307. The fraction of sp³-hybridized carbons (Fsp3) is 0.500. The van der Waals surface area contributed by atoms with Crippen molar-refractivity contribution in [2.45, 2.75) is 24.5 Å². The van der Waals surface area contributed by atoms with Crippen molar-refractivity contribution in [1.82, 2.24) is 9.97 Å². The summed E-state index contributed by atoms with van der Waals surface area (Å²) in [6.07, 6.45) is 5.00. The number of nitrogens with zero attached hydrogens (tertiary/aromatic N) is 2. The molecule has 1 fully saturated rings. The highest BCUT2D eigenvalue weighted by molar-refractivity contribution is 8.00. The first-order valence-corrected chi connectivity index (χ1v) is 5.80. The van der Waals surface area contributed by atoms with E-state index in [4.69, 9.17) is 5.11 Å². The molecule has 0 radical (unpaired) electrons. The van der Waals surface area contributed by atoms with E-state index in [2.05, 4.69) is 16.9 Å². The number of hydrogen-bond acceptors (Lipinski definition) is 4. The van der Waals surface area contributed by atoms with Gasteiger partial charge in [-0.3, -0.25) is 0 Å². The van der Waals surface area contributed by atoms with Gasteiger partial charge in [0.1, 0.15) is 5.82 Å². The van der Waals surface area contributed by atoms with Gasteiger partial charge in [0.25, 0.3) is 0 Å². The third-order valence-corrected chi connectivity index (χ3v) is 4.11. The molecule has 15 heavy (non-hydrogen) atoms. The number of rotatable bonds is 2. The summed E-state index contributed by atoms with van der Waals surface area (Å²) < 4.78 is -0.0307. The number of carboxylic acids is 1. The van der Waals surface area contributed by atoms with Gasteiger partial charge in [0.05, 0.1) is 10.3 Å². The third kappa shape index (κ3) is 1.97. The Labute approximate surface area is 92.1 Å². The molecule has 4 nitrogen and oxygen atoms in total. The van der Waals surface area contributed by atoms with Crippen molar-refractivity contribution < 1.29 is 9.90 Å². The van der Waals surface area contributed by atoms with Gasteiger partial charge < -0.3 is 5.11 Å². The van der Waals surface area contributed by atoms with Crippen molar-refractivity contribution in [3.8, 4) is 0 Å². The zero-order valence-corrected chi connectivity index (χ0v) is 9.25. The van der Waals surface area contributed by atoms with E-state index in [0.717, 1.165) is 18.0 Å². The van der Waals surface area contributed by atoms with Gasteiger partial charge in [-0.25, -0.2) is 14.8 Å². The maximum atomic E-state index is 10.6. The van der Waals surface area contributed by atoms with Crippen molar-refractivity contribution in [2.75, 3.05) is 5.75 Å². The predicted molar refractivity (Wildman–Crippen MR) is 58.0 cm³/mol. The Morgan fingerprint density at radius 2 is 2.20 bits per heavy atom. The molecule has 0 aliphatic carbocycles. The monoisotopic (exact) mass is 224 g/mol. The Kier molecular flexibility index (Phi) is 2.65. The van der Waals surface area contributed by atoms with Crippen molar-refractivity contribution in [1.29, 1.82) is 0 Å². The lowest BCUT2D eigenvalue weighted by Crippen LogP contribution is -2.17. The van der Waals surface area contributed by atoms with E-state index in [9.17, 15) is 4.79 Å². The summed E-state index contributed by atoms with van der Waals surface area (Å²) >= 11 is 1.84. The van der Waals surface area contributed by atoms with Crippen molar-refractivity contribution >= 4 is 17.7 Å². The van der Waals surface area contributed by atoms with Gasteiger partial charge in [-0.05, 0) is 25.5 Å². The number of hydrogen-bond donors (Lipinski definition) is 1. The molecule has 0 bridgehead atoms. The van der Waals surface area contributed by atoms with Crippen LogP contribution in [0.3, 0.4) is 0 Å². The summed E-state index contributed by atoms with van der Waals surface area (Å²) in [5.74, 6) is 0.890. The molecule has 0 amide bonds. The fourth-order valence-corrected chi connectivity index (χ4v) is 2.93. The summed E-state index contributed by atoms with van der Waals surface area (Å²) in [6.45, 7) is 2.11. The molecule has 80 valence electrons. The highest BCUT2D eigenvalue weighted by Gasteiger charge is 2.34. The van der Waals surface area contributed by atoms with Crippen LogP contribution in [0.2, 0.25) is 0 Å². The molecular weight excluding hydrogens is 212 g/mol. The van der Waals surface area contributed by atoms with E-state index in [0.29, 0.717) is 0 Å². The van der Waals surface area contributed by atoms with Gasteiger partial charge in [0, 0.05) is 12.4 Å². The lowest BCUT2D eigenvalue weighted by atomic mass is 10.1. The molecule has 1 aliphatic heterocycles. The Morgan fingerprint density at radius 3 is 2.67 bits per heavy atom. The first-order chi connectivity index (χ1) is 7.12. The van der Waals surface area contributed by atoms with Crippen molar-refractivity contribution in [3.05, 3.63) is 23.8 Å².